The van der Waals surface area contributed by atoms with Crippen LogP contribution in [0, 0.1) is 13.8 Å². The van der Waals surface area contributed by atoms with Crippen molar-refractivity contribution >= 4 is 34.8 Å². The molecule has 0 aliphatic carbocycles. The van der Waals surface area contributed by atoms with E-state index in [1.54, 1.807) is 16.8 Å². The van der Waals surface area contributed by atoms with Gasteiger partial charge in [0.1, 0.15) is 5.82 Å². The van der Waals surface area contributed by atoms with Crippen LogP contribution in [0.15, 0.2) is 30.5 Å². The van der Waals surface area contributed by atoms with E-state index in [2.05, 4.69) is 15.1 Å². The summed E-state index contributed by atoms with van der Waals surface area (Å²) in [5.74, 6) is 1.37. The van der Waals surface area contributed by atoms with Crippen LogP contribution in [-0.2, 0) is 6.42 Å². The second kappa shape index (κ2) is 6.48. The molecule has 2 heterocycles. The molecule has 0 spiro atoms. The molecule has 0 saturated carbocycles. The Kier molecular flexibility index (Phi) is 4.57. The average molecular weight is 368 g/mol. The fourth-order valence-corrected chi connectivity index (χ4v) is 3.24. The van der Waals surface area contributed by atoms with Gasteiger partial charge >= 0.3 is 0 Å². The number of hydrogen-bond donors (Lipinski definition) is 0. The number of halogens is 3. The van der Waals surface area contributed by atoms with Crippen molar-refractivity contribution in [2.75, 3.05) is 0 Å². The van der Waals surface area contributed by atoms with Gasteiger partial charge in [-0.25, -0.2) is 14.6 Å². The van der Waals surface area contributed by atoms with Gasteiger partial charge in [0.05, 0.1) is 11.4 Å². The van der Waals surface area contributed by atoms with Gasteiger partial charge in [0.25, 0.3) is 0 Å². The molecular formula is C16H13Cl3N4. The van der Waals surface area contributed by atoms with Crippen molar-refractivity contribution in [3.05, 3.63) is 68.3 Å². The smallest absolute Gasteiger partial charge is 0.157 e. The van der Waals surface area contributed by atoms with Crippen LogP contribution in [-0.4, -0.2) is 19.7 Å². The Bertz CT molecular complexity index is 851. The van der Waals surface area contributed by atoms with Crippen LogP contribution >= 0.6 is 34.8 Å². The number of aromatic nitrogens is 4. The van der Waals surface area contributed by atoms with E-state index in [0.717, 1.165) is 17.0 Å². The monoisotopic (exact) mass is 366 g/mol. The highest BCUT2D eigenvalue weighted by molar-refractivity contribution is 6.39. The molecule has 3 aromatic rings. The predicted molar refractivity (Wildman–Crippen MR) is 92.9 cm³/mol. The minimum atomic E-state index is 0.492. The van der Waals surface area contributed by atoms with Gasteiger partial charge in [-0.05, 0) is 37.6 Å². The van der Waals surface area contributed by atoms with Crippen LogP contribution in [0.2, 0.25) is 15.1 Å². The van der Waals surface area contributed by atoms with Crippen molar-refractivity contribution in [2.24, 2.45) is 0 Å². The molecule has 0 bridgehead atoms. The number of benzene rings is 1. The first-order valence-electron chi connectivity index (χ1n) is 6.93. The van der Waals surface area contributed by atoms with E-state index in [-0.39, 0.29) is 0 Å². The molecule has 0 saturated heterocycles. The lowest BCUT2D eigenvalue weighted by molar-refractivity contribution is 0.806. The molecule has 0 aliphatic heterocycles. The van der Waals surface area contributed by atoms with Crippen LogP contribution in [0.25, 0.3) is 5.82 Å². The standard InChI is InChI=1S/C16H13Cl3N4/c1-9-3-4-23(22-9)16-8-12(20-10(2)21-16)7-13-14(18)5-11(17)6-15(13)19/h3-6,8H,7H2,1-2H3. The van der Waals surface area contributed by atoms with E-state index in [9.17, 15) is 0 Å². The van der Waals surface area contributed by atoms with Gasteiger partial charge < -0.3 is 0 Å². The first kappa shape index (κ1) is 16.2. The molecular weight excluding hydrogens is 355 g/mol. The van der Waals surface area contributed by atoms with E-state index in [4.69, 9.17) is 34.8 Å². The molecule has 0 radical (unpaired) electrons. The summed E-state index contributed by atoms with van der Waals surface area (Å²) in [7, 11) is 0. The van der Waals surface area contributed by atoms with Crippen LogP contribution in [0.3, 0.4) is 0 Å². The molecule has 0 atom stereocenters. The molecule has 2 aromatic heterocycles. The summed E-state index contributed by atoms with van der Waals surface area (Å²) in [4.78, 5) is 8.88. The summed E-state index contributed by atoms with van der Waals surface area (Å²) < 4.78 is 1.72. The van der Waals surface area contributed by atoms with Gasteiger partial charge in [0.15, 0.2) is 5.82 Å². The van der Waals surface area contributed by atoms with Crippen molar-refractivity contribution in [3.63, 3.8) is 0 Å². The second-order valence-corrected chi connectivity index (χ2v) is 6.44. The Morgan fingerprint density at radius 1 is 1.00 bits per heavy atom. The molecule has 4 nitrogen and oxygen atoms in total. The van der Waals surface area contributed by atoms with Crippen LogP contribution in [0.4, 0.5) is 0 Å². The normalized spacial score (nSPS) is 11.0. The van der Waals surface area contributed by atoms with Crippen molar-refractivity contribution in [1.29, 1.82) is 0 Å². The third-order valence-corrected chi connectivity index (χ3v) is 4.19. The Morgan fingerprint density at radius 2 is 1.70 bits per heavy atom. The van der Waals surface area contributed by atoms with E-state index in [1.165, 1.54) is 0 Å². The zero-order valence-corrected chi connectivity index (χ0v) is 14.8. The number of aryl methyl sites for hydroxylation is 2. The van der Waals surface area contributed by atoms with Gasteiger partial charge in [-0.1, -0.05) is 34.8 Å². The maximum absolute atomic E-state index is 6.25. The van der Waals surface area contributed by atoms with Crippen LogP contribution in [0.5, 0.6) is 0 Å². The summed E-state index contributed by atoms with van der Waals surface area (Å²) in [5, 5.41) is 5.93. The lowest BCUT2D eigenvalue weighted by Crippen LogP contribution is -2.05. The van der Waals surface area contributed by atoms with Gasteiger partial charge in [0, 0.05) is 33.8 Å². The van der Waals surface area contributed by atoms with Gasteiger partial charge in [-0.15, -0.1) is 0 Å². The molecule has 0 aliphatic rings. The summed E-state index contributed by atoms with van der Waals surface area (Å²) in [6.07, 6.45) is 2.36. The molecule has 3 rings (SSSR count). The largest absolute Gasteiger partial charge is 0.238 e. The third kappa shape index (κ3) is 3.66. The number of hydrogen-bond acceptors (Lipinski definition) is 3. The topological polar surface area (TPSA) is 43.6 Å². The summed E-state index contributed by atoms with van der Waals surface area (Å²) >= 11 is 18.5. The van der Waals surface area contributed by atoms with Crippen molar-refractivity contribution in [2.45, 2.75) is 20.3 Å². The highest BCUT2D eigenvalue weighted by Crippen LogP contribution is 2.30. The molecule has 0 fully saturated rings. The van der Waals surface area contributed by atoms with Gasteiger partial charge in [0.2, 0.25) is 0 Å². The van der Waals surface area contributed by atoms with E-state index < -0.39 is 0 Å². The van der Waals surface area contributed by atoms with Gasteiger partial charge in [-0.3, -0.25) is 0 Å². The maximum Gasteiger partial charge on any atom is 0.157 e. The Hall–Kier alpha value is -1.62. The average Bonchev–Trinajstić information content (AvgIpc) is 2.89. The maximum atomic E-state index is 6.25. The molecule has 0 amide bonds. The Morgan fingerprint density at radius 3 is 2.30 bits per heavy atom. The van der Waals surface area contributed by atoms with Gasteiger partial charge in [-0.2, -0.15) is 5.10 Å². The molecule has 23 heavy (non-hydrogen) atoms. The fourth-order valence-electron chi connectivity index (χ4n) is 2.28. The first-order valence-corrected chi connectivity index (χ1v) is 8.06. The Balaban J connectivity index is 2.00. The summed E-state index contributed by atoms with van der Waals surface area (Å²) in [6.45, 7) is 3.77. The highest BCUT2D eigenvalue weighted by atomic mass is 35.5. The molecule has 0 N–H and O–H groups in total. The lowest BCUT2D eigenvalue weighted by atomic mass is 10.1. The zero-order chi connectivity index (χ0) is 16.6. The van der Waals surface area contributed by atoms with Crippen molar-refractivity contribution < 1.29 is 0 Å². The second-order valence-electron chi connectivity index (χ2n) is 5.19. The SMILES string of the molecule is Cc1ccn(-c2cc(Cc3c(Cl)cc(Cl)cc3Cl)nc(C)n2)n1. The number of nitrogens with zero attached hydrogens (tertiary/aromatic N) is 4. The quantitative estimate of drug-likeness (QED) is 0.666. The highest BCUT2D eigenvalue weighted by Gasteiger charge is 2.12. The van der Waals surface area contributed by atoms with Crippen molar-refractivity contribution in [3.8, 4) is 5.82 Å². The fraction of sp³-hybridized carbons (Fsp3) is 0.188. The van der Waals surface area contributed by atoms with E-state index >= 15 is 0 Å². The number of rotatable bonds is 3. The predicted octanol–water partition coefficient (Wildman–Crippen LogP) is 4.83. The van der Waals surface area contributed by atoms with Crippen LogP contribution in [0.1, 0.15) is 22.8 Å². The first-order chi connectivity index (χ1) is 10.9. The Labute approximate surface area is 149 Å². The summed E-state index contributed by atoms with van der Waals surface area (Å²) in [6, 6.07) is 7.15. The molecule has 7 heteroatoms. The van der Waals surface area contributed by atoms with E-state index in [0.29, 0.717) is 33.1 Å². The molecule has 1 aromatic carbocycles. The minimum Gasteiger partial charge on any atom is -0.238 e. The minimum absolute atomic E-state index is 0.492. The summed E-state index contributed by atoms with van der Waals surface area (Å²) in [5.41, 5.74) is 2.52. The van der Waals surface area contributed by atoms with Crippen LogP contribution < -0.4 is 0 Å². The third-order valence-electron chi connectivity index (χ3n) is 3.30. The van der Waals surface area contributed by atoms with E-state index in [1.807, 2.05) is 32.2 Å². The lowest BCUT2D eigenvalue weighted by Gasteiger charge is -2.09. The molecule has 0 unspecified atom stereocenters. The zero-order valence-electron chi connectivity index (χ0n) is 12.5. The van der Waals surface area contributed by atoms with Crippen molar-refractivity contribution in [1.82, 2.24) is 19.7 Å². The molecule has 118 valence electrons.